The van der Waals surface area contributed by atoms with Crippen molar-refractivity contribution in [3.05, 3.63) is 87.2 Å². The minimum absolute atomic E-state index is 0.121. The molecule has 2 aromatic carbocycles. The zero-order chi connectivity index (χ0) is 17.3. The van der Waals surface area contributed by atoms with E-state index >= 15 is 0 Å². The van der Waals surface area contributed by atoms with E-state index in [1.165, 1.54) is 0 Å². The fourth-order valence-electron chi connectivity index (χ4n) is 2.97. The highest BCUT2D eigenvalue weighted by atomic mass is 35.5. The first-order valence-corrected chi connectivity index (χ1v) is 8.24. The smallest absolute Gasteiger partial charge is 0.116 e. The molecule has 4 N–H and O–H groups in total. The first kappa shape index (κ1) is 16.6. The SMILES string of the molecule is C=C(N)N=CC1=C(N)c2ccccc2[C@@H](c2ccc(Cl)c(Cl)c2)C1. The van der Waals surface area contributed by atoms with Gasteiger partial charge in [-0.15, -0.1) is 0 Å². The summed E-state index contributed by atoms with van der Waals surface area (Å²) in [6.07, 6.45) is 2.40. The van der Waals surface area contributed by atoms with Gasteiger partial charge in [0.1, 0.15) is 5.82 Å². The molecule has 0 saturated heterocycles. The van der Waals surface area contributed by atoms with Crippen LogP contribution < -0.4 is 11.5 Å². The Morgan fingerprint density at radius 3 is 2.62 bits per heavy atom. The normalized spacial score (nSPS) is 17.2. The Kier molecular flexibility index (Phi) is 4.65. The predicted molar refractivity (Wildman–Crippen MR) is 102 cm³/mol. The van der Waals surface area contributed by atoms with Crippen molar-refractivity contribution in [3.63, 3.8) is 0 Å². The molecule has 0 fully saturated rings. The van der Waals surface area contributed by atoms with Crippen LogP contribution in [-0.4, -0.2) is 6.21 Å². The van der Waals surface area contributed by atoms with E-state index in [0.29, 0.717) is 22.2 Å². The molecule has 0 heterocycles. The third-order valence-corrected chi connectivity index (χ3v) is 4.87. The Hall–Kier alpha value is -2.23. The van der Waals surface area contributed by atoms with Gasteiger partial charge < -0.3 is 11.5 Å². The van der Waals surface area contributed by atoms with E-state index < -0.39 is 0 Å². The van der Waals surface area contributed by atoms with E-state index in [2.05, 4.69) is 17.6 Å². The highest BCUT2D eigenvalue weighted by Crippen LogP contribution is 2.41. The fraction of sp³-hybridized carbons (Fsp3) is 0.105. The maximum absolute atomic E-state index is 6.34. The number of nitrogens with two attached hydrogens (primary N) is 2. The van der Waals surface area contributed by atoms with Gasteiger partial charge in [-0.25, -0.2) is 4.99 Å². The summed E-state index contributed by atoms with van der Waals surface area (Å²) in [4.78, 5) is 4.10. The van der Waals surface area contributed by atoms with Gasteiger partial charge in [-0.3, -0.25) is 0 Å². The van der Waals surface area contributed by atoms with Gasteiger partial charge in [0.2, 0.25) is 0 Å². The number of halogens is 2. The molecule has 24 heavy (non-hydrogen) atoms. The molecule has 0 saturated carbocycles. The lowest BCUT2D eigenvalue weighted by Crippen LogP contribution is -2.17. The van der Waals surface area contributed by atoms with E-state index in [-0.39, 0.29) is 11.7 Å². The van der Waals surface area contributed by atoms with Crippen LogP contribution >= 0.6 is 23.2 Å². The van der Waals surface area contributed by atoms with Gasteiger partial charge >= 0.3 is 0 Å². The lowest BCUT2D eigenvalue weighted by atomic mass is 9.78. The van der Waals surface area contributed by atoms with Gasteiger partial charge in [0.05, 0.1) is 10.0 Å². The van der Waals surface area contributed by atoms with Gasteiger partial charge in [-0.05, 0) is 35.3 Å². The van der Waals surface area contributed by atoms with E-state index in [1.807, 2.05) is 36.4 Å². The first-order chi connectivity index (χ1) is 11.5. The molecule has 0 radical (unpaired) electrons. The molecule has 5 heteroatoms. The van der Waals surface area contributed by atoms with E-state index in [9.17, 15) is 0 Å². The molecule has 1 aliphatic carbocycles. The van der Waals surface area contributed by atoms with E-state index in [1.54, 1.807) is 6.21 Å². The zero-order valence-corrected chi connectivity index (χ0v) is 14.5. The number of rotatable bonds is 3. The zero-order valence-electron chi connectivity index (χ0n) is 13.0. The summed E-state index contributed by atoms with van der Waals surface area (Å²) in [6, 6.07) is 13.8. The number of hydrogen-bond acceptors (Lipinski definition) is 3. The topological polar surface area (TPSA) is 64.4 Å². The van der Waals surface area contributed by atoms with Gasteiger partial charge in [0, 0.05) is 23.4 Å². The molecule has 0 amide bonds. The molecule has 0 aliphatic heterocycles. The summed E-state index contributed by atoms with van der Waals surface area (Å²) in [5.41, 5.74) is 16.8. The Bertz CT molecular complexity index is 869. The summed E-state index contributed by atoms with van der Waals surface area (Å²) < 4.78 is 0. The quantitative estimate of drug-likeness (QED) is 0.781. The minimum Gasteiger partial charge on any atom is -0.398 e. The highest BCUT2D eigenvalue weighted by molar-refractivity contribution is 6.42. The van der Waals surface area contributed by atoms with Crippen molar-refractivity contribution in [2.24, 2.45) is 16.5 Å². The second-order valence-corrected chi connectivity index (χ2v) is 6.52. The van der Waals surface area contributed by atoms with Crippen LogP contribution in [0.3, 0.4) is 0 Å². The van der Waals surface area contributed by atoms with Crippen molar-refractivity contribution < 1.29 is 0 Å². The van der Waals surface area contributed by atoms with Crippen LogP contribution in [0.1, 0.15) is 29.0 Å². The maximum atomic E-state index is 6.34. The molecule has 0 bridgehead atoms. The molecule has 1 atom stereocenters. The van der Waals surface area contributed by atoms with Gasteiger partial charge in [-0.2, -0.15) is 0 Å². The van der Waals surface area contributed by atoms with Crippen molar-refractivity contribution in [1.82, 2.24) is 0 Å². The third-order valence-electron chi connectivity index (χ3n) is 4.13. The molecule has 3 nitrogen and oxygen atoms in total. The molecule has 1 aliphatic rings. The summed E-state index contributed by atoms with van der Waals surface area (Å²) in [6.45, 7) is 3.59. The highest BCUT2D eigenvalue weighted by Gasteiger charge is 2.26. The fourth-order valence-corrected chi connectivity index (χ4v) is 3.28. The van der Waals surface area contributed by atoms with Crippen molar-refractivity contribution in [2.75, 3.05) is 0 Å². The van der Waals surface area contributed by atoms with Gasteiger partial charge in [0.15, 0.2) is 0 Å². The van der Waals surface area contributed by atoms with Crippen molar-refractivity contribution in [3.8, 4) is 0 Å². The number of hydrogen-bond donors (Lipinski definition) is 2. The number of aliphatic imine (C=N–C) groups is 1. The Labute approximate surface area is 151 Å². The van der Waals surface area contributed by atoms with Crippen molar-refractivity contribution >= 4 is 35.1 Å². The Morgan fingerprint density at radius 1 is 1.17 bits per heavy atom. The van der Waals surface area contributed by atoms with Crippen LogP contribution in [0.2, 0.25) is 10.0 Å². The van der Waals surface area contributed by atoms with Crippen LogP contribution in [0.15, 0.2) is 65.4 Å². The predicted octanol–water partition coefficient (Wildman–Crippen LogP) is 4.70. The minimum atomic E-state index is 0.121. The lowest BCUT2D eigenvalue weighted by molar-refractivity contribution is 0.799. The Balaban J connectivity index is 2.11. The number of benzene rings is 2. The average Bonchev–Trinajstić information content (AvgIpc) is 2.57. The molecule has 0 aromatic heterocycles. The summed E-state index contributed by atoms with van der Waals surface area (Å²) >= 11 is 12.3. The third kappa shape index (κ3) is 3.18. The molecule has 0 spiro atoms. The largest absolute Gasteiger partial charge is 0.398 e. The molecular formula is C19H17Cl2N3. The summed E-state index contributed by atoms with van der Waals surface area (Å²) in [7, 11) is 0. The summed E-state index contributed by atoms with van der Waals surface area (Å²) in [5.74, 6) is 0.371. The molecule has 0 unspecified atom stereocenters. The van der Waals surface area contributed by atoms with Crippen LogP contribution in [0.25, 0.3) is 5.70 Å². The average molecular weight is 358 g/mol. The van der Waals surface area contributed by atoms with Gasteiger partial charge in [0.25, 0.3) is 0 Å². The van der Waals surface area contributed by atoms with Crippen LogP contribution in [0, 0.1) is 0 Å². The molecule has 122 valence electrons. The van der Waals surface area contributed by atoms with Crippen LogP contribution in [0.4, 0.5) is 0 Å². The standard InChI is InChI=1S/C19H17Cl2N3/c1-11(22)24-10-13-8-16(12-6-7-17(20)18(21)9-12)14-4-2-3-5-15(14)19(13)23/h2-7,9-10,16H,1,8,22-23H2/t16-/m1/s1. The first-order valence-electron chi connectivity index (χ1n) is 7.48. The number of allylic oxidation sites excluding steroid dienone is 1. The molecule has 3 rings (SSSR count). The molecule has 2 aromatic rings. The second kappa shape index (κ2) is 6.71. The summed E-state index contributed by atoms with van der Waals surface area (Å²) in [5, 5.41) is 1.08. The van der Waals surface area contributed by atoms with Crippen LogP contribution in [-0.2, 0) is 0 Å². The van der Waals surface area contributed by atoms with Crippen molar-refractivity contribution in [1.29, 1.82) is 0 Å². The number of nitrogens with zero attached hydrogens (tertiary/aromatic N) is 1. The Morgan fingerprint density at radius 2 is 1.92 bits per heavy atom. The van der Waals surface area contributed by atoms with Gasteiger partial charge in [-0.1, -0.05) is 60.1 Å². The lowest BCUT2D eigenvalue weighted by Gasteiger charge is -2.28. The van der Waals surface area contributed by atoms with Crippen molar-refractivity contribution in [2.45, 2.75) is 12.3 Å². The maximum Gasteiger partial charge on any atom is 0.116 e. The monoisotopic (exact) mass is 357 g/mol. The van der Waals surface area contributed by atoms with E-state index in [0.717, 1.165) is 22.3 Å². The second-order valence-electron chi connectivity index (χ2n) is 5.71. The van der Waals surface area contributed by atoms with Crippen LogP contribution in [0.5, 0.6) is 0 Å². The molecular weight excluding hydrogens is 341 g/mol. The number of fused-ring (bicyclic) bond motifs is 1. The van der Waals surface area contributed by atoms with E-state index in [4.69, 9.17) is 34.7 Å².